The molecule has 1 aliphatic heterocycles. The van der Waals surface area contributed by atoms with Crippen molar-refractivity contribution in [2.24, 2.45) is 0 Å². The van der Waals surface area contributed by atoms with Gasteiger partial charge in [0.2, 0.25) is 0 Å². The van der Waals surface area contributed by atoms with Crippen LogP contribution in [0.1, 0.15) is 11.1 Å². The fraction of sp³-hybridized carbons (Fsp3) is 0.150. The Kier molecular flexibility index (Phi) is 6.49. The van der Waals surface area contributed by atoms with Crippen LogP contribution in [-0.2, 0) is 16.2 Å². The molecule has 2 aromatic carbocycles. The molecule has 3 amide bonds. The number of carbonyl (C=O) groups is 3. The highest BCUT2D eigenvalue weighted by atomic mass is 35.5. The van der Waals surface area contributed by atoms with Crippen LogP contribution in [0.5, 0.6) is 11.5 Å². The molecule has 0 unspecified atom stereocenters. The number of hydrogen-bond donors (Lipinski definition) is 2. The van der Waals surface area contributed by atoms with Crippen LogP contribution in [0, 0.1) is 0 Å². The topological polar surface area (TPSA) is 105 Å². The lowest BCUT2D eigenvalue weighted by atomic mass is 10.1. The molecule has 0 aromatic heterocycles. The fourth-order valence-electron chi connectivity index (χ4n) is 2.70. The molecule has 0 atom stereocenters. The summed E-state index contributed by atoms with van der Waals surface area (Å²) in [5, 5.41) is 12.2. The van der Waals surface area contributed by atoms with Crippen molar-refractivity contribution >= 4 is 47.2 Å². The van der Waals surface area contributed by atoms with Crippen molar-refractivity contribution in [2.75, 3.05) is 13.7 Å². The summed E-state index contributed by atoms with van der Waals surface area (Å²) in [4.78, 5) is 35.4. The number of benzene rings is 2. The second kappa shape index (κ2) is 9.06. The van der Waals surface area contributed by atoms with E-state index in [4.69, 9.17) is 37.8 Å². The number of imide groups is 1. The number of methoxy groups -OCH3 is 1. The third-order valence-electron chi connectivity index (χ3n) is 4.15. The molecule has 1 saturated heterocycles. The van der Waals surface area contributed by atoms with Gasteiger partial charge in [-0.15, -0.1) is 0 Å². The van der Waals surface area contributed by atoms with Gasteiger partial charge in [-0.25, -0.2) is 9.69 Å². The average Bonchev–Trinajstić information content (AvgIpc) is 2.95. The van der Waals surface area contributed by atoms with Crippen molar-refractivity contribution in [1.82, 2.24) is 10.2 Å². The molecular weight excluding hydrogens is 435 g/mol. The first-order valence-corrected chi connectivity index (χ1v) is 9.35. The first-order chi connectivity index (χ1) is 14.3. The van der Waals surface area contributed by atoms with E-state index in [1.165, 1.54) is 13.2 Å². The van der Waals surface area contributed by atoms with Crippen molar-refractivity contribution in [3.63, 3.8) is 0 Å². The summed E-state index contributed by atoms with van der Waals surface area (Å²) in [6.45, 7) is -0.531. The predicted molar refractivity (Wildman–Crippen MR) is 110 cm³/mol. The maximum absolute atomic E-state index is 12.2. The number of carboxylic acids is 1. The minimum Gasteiger partial charge on any atom is -0.493 e. The third kappa shape index (κ3) is 4.84. The molecule has 3 rings (SSSR count). The maximum Gasteiger partial charge on any atom is 0.329 e. The van der Waals surface area contributed by atoms with Crippen LogP contribution in [-0.4, -0.2) is 41.6 Å². The van der Waals surface area contributed by atoms with E-state index in [0.717, 1.165) is 5.56 Å². The fourth-order valence-corrected chi connectivity index (χ4v) is 3.17. The zero-order chi connectivity index (χ0) is 21.8. The SMILES string of the molecule is COc1cc(/C=C2/NC(=O)N(CC(=O)O)C2=O)ccc1OCc1ccc(Cl)cc1Cl. The van der Waals surface area contributed by atoms with E-state index >= 15 is 0 Å². The van der Waals surface area contributed by atoms with Gasteiger partial charge in [-0.3, -0.25) is 9.59 Å². The Bertz CT molecular complexity index is 1050. The minimum absolute atomic E-state index is 0.0371. The van der Waals surface area contributed by atoms with Crippen molar-refractivity contribution in [3.05, 3.63) is 63.3 Å². The number of amides is 3. The van der Waals surface area contributed by atoms with E-state index in [9.17, 15) is 14.4 Å². The number of halogens is 2. The summed E-state index contributed by atoms with van der Waals surface area (Å²) in [5.74, 6) is -1.17. The highest BCUT2D eigenvalue weighted by Gasteiger charge is 2.34. The Morgan fingerprint density at radius 1 is 1.17 bits per heavy atom. The number of nitrogens with zero attached hydrogens (tertiary/aromatic N) is 1. The molecule has 1 heterocycles. The molecule has 0 spiro atoms. The van der Waals surface area contributed by atoms with Crippen molar-refractivity contribution in [3.8, 4) is 11.5 Å². The van der Waals surface area contributed by atoms with Gasteiger partial charge in [0.05, 0.1) is 7.11 Å². The van der Waals surface area contributed by atoms with Crippen molar-refractivity contribution in [1.29, 1.82) is 0 Å². The Balaban J connectivity index is 1.77. The van der Waals surface area contributed by atoms with Gasteiger partial charge in [0, 0.05) is 15.6 Å². The normalized spacial score (nSPS) is 14.8. The first kappa shape index (κ1) is 21.5. The third-order valence-corrected chi connectivity index (χ3v) is 4.74. The molecule has 0 bridgehead atoms. The number of ether oxygens (including phenoxy) is 2. The van der Waals surface area contributed by atoms with Gasteiger partial charge in [0.1, 0.15) is 18.8 Å². The van der Waals surface area contributed by atoms with Gasteiger partial charge in [-0.05, 0) is 35.9 Å². The molecule has 10 heteroatoms. The maximum atomic E-state index is 12.2. The molecule has 2 aromatic rings. The van der Waals surface area contributed by atoms with Gasteiger partial charge in [-0.1, -0.05) is 35.3 Å². The van der Waals surface area contributed by atoms with E-state index in [0.29, 0.717) is 32.0 Å². The van der Waals surface area contributed by atoms with Crippen LogP contribution in [0.25, 0.3) is 6.08 Å². The van der Waals surface area contributed by atoms with Gasteiger partial charge in [0.25, 0.3) is 5.91 Å². The lowest BCUT2D eigenvalue weighted by Gasteiger charge is -2.12. The average molecular weight is 451 g/mol. The standard InChI is InChI=1S/C20H16Cl2N2O6/c1-29-17-7-11(6-15-19(27)24(9-18(25)26)20(28)23-15)2-5-16(17)30-10-12-3-4-13(21)8-14(12)22/h2-8H,9-10H2,1H3,(H,23,28)(H,25,26)/b15-6+. The van der Waals surface area contributed by atoms with E-state index in [2.05, 4.69) is 5.32 Å². The van der Waals surface area contributed by atoms with E-state index in [-0.39, 0.29) is 12.3 Å². The van der Waals surface area contributed by atoms with Gasteiger partial charge >= 0.3 is 12.0 Å². The van der Waals surface area contributed by atoms with Crippen LogP contribution < -0.4 is 14.8 Å². The molecule has 0 aliphatic carbocycles. The summed E-state index contributed by atoms with van der Waals surface area (Å²) in [6.07, 6.45) is 1.42. The molecule has 1 fully saturated rings. The number of hydrogen-bond acceptors (Lipinski definition) is 5. The highest BCUT2D eigenvalue weighted by molar-refractivity contribution is 6.35. The monoisotopic (exact) mass is 450 g/mol. The number of nitrogens with one attached hydrogen (secondary N) is 1. The molecule has 30 heavy (non-hydrogen) atoms. The summed E-state index contributed by atoms with van der Waals surface area (Å²) in [6, 6.07) is 9.21. The van der Waals surface area contributed by atoms with Crippen LogP contribution in [0.15, 0.2) is 42.1 Å². The van der Waals surface area contributed by atoms with E-state index in [1.807, 2.05) is 0 Å². The minimum atomic E-state index is -1.29. The van der Waals surface area contributed by atoms with Crippen LogP contribution >= 0.6 is 23.2 Å². The van der Waals surface area contributed by atoms with Gasteiger partial charge in [0.15, 0.2) is 11.5 Å². The van der Waals surface area contributed by atoms with Crippen molar-refractivity contribution in [2.45, 2.75) is 6.61 Å². The van der Waals surface area contributed by atoms with Crippen molar-refractivity contribution < 1.29 is 29.0 Å². The summed E-state index contributed by atoms with van der Waals surface area (Å²) >= 11 is 12.0. The second-order valence-corrected chi connectivity index (χ2v) is 7.05. The number of urea groups is 1. The number of carbonyl (C=O) groups excluding carboxylic acids is 2. The Morgan fingerprint density at radius 3 is 2.60 bits per heavy atom. The molecule has 0 radical (unpaired) electrons. The van der Waals surface area contributed by atoms with E-state index in [1.54, 1.807) is 36.4 Å². The van der Waals surface area contributed by atoms with Crippen LogP contribution in [0.2, 0.25) is 10.0 Å². The quantitative estimate of drug-likeness (QED) is 0.493. The summed E-state index contributed by atoms with van der Waals surface area (Å²) in [7, 11) is 1.46. The molecule has 156 valence electrons. The van der Waals surface area contributed by atoms with Crippen LogP contribution in [0.3, 0.4) is 0 Å². The van der Waals surface area contributed by atoms with Crippen LogP contribution in [0.4, 0.5) is 4.79 Å². The number of rotatable bonds is 7. The molecular formula is C20H16Cl2N2O6. The molecule has 2 N–H and O–H groups in total. The number of carboxylic acid groups (broad SMARTS) is 1. The summed E-state index contributed by atoms with van der Waals surface area (Å²) in [5.41, 5.74) is 1.25. The molecule has 8 nitrogen and oxygen atoms in total. The second-order valence-electron chi connectivity index (χ2n) is 6.21. The Hall–Kier alpha value is -3.23. The zero-order valence-electron chi connectivity index (χ0n) is 15.6. The van der Waals surface area contributed by atoms with E-state index < -0.39 is 24.5 Å². The van der Waals surface area contributed by atoms with Gasteiger partial charge in [-0.2, -0.15) is 0 Å². The predicted octanol–water partition coefficient (Wildman–Crippen LogP) is 3.56. The number of aliphatic carboxylic acids is 1. The molecule has 0 saturated carbocycles. The lowest BCUT2D eigenvalue weighted by molar-refractivity contribution is -0.140. The largest absolute Gasteiger partial charge is 0.493 e. The Labute approximate surface area is 181 Å². The smallest absolute Gasteiger partial charge is 0.329 e. The van der Waals surface area contributed by atoms with Gasteiger partial charge < -0.3 is 19.9 Å². The zero-order valence-corrected chi connectivity index (χ0v) is 17.2. The lowest BCUT2D eigenvalue weighted by Crippen LogP contribution is -2.35. The summed E-state index contributed by atoms with van der Waals surface area (Å²) < 4.78 is 11.1. The Morgan fingerprint density at radius 2 is 1.93 bits per heavy atom. The molecule has 1 aliphatic rings. The highest BCUT2D eigenvalue weighted by Crippen LogP contribution is 2.31. The first-order valence-electron chi connectivity index (χ1n) is 8.59.